The van der Waals surface area contributed by atoms with Crippen molar-refractivity contribution in [2.24, 2.45) is 5.73 Å². The Morgan fingerprint density at radius 1 is 0.750 bits per heavy atom. The maximum absolute atomic E-state index is 12.3. The highest BCUT2D eigenvalue weighted by atomic mass is 16.5. The molecular formula is C30H31N3O3. The fourth-order valence-electron chi connectivity index (χ4n) is 3.63. The lowest BCUT2D eigenvalue weighted by molar-refractivity contribution is 0.251. The number of rotatable bonds is 11. The number of nitrogens with one attached hydrogen (secondary N) is 2. The van der Waals surface area contributed by atoms with Crippen molar-refractivity contribution in [3.05, 3.63) is 114 Å². The molecular weight excluding hydrogens is 450 g/mol. The van der Waals surface area contributed by atoms with Crippen molar-refractivity contribution in [1.29, 1.82) is 0 Å². The number of hydrogen-bond acceptors (Lipinski definition) is 4. The predicted octanol–water partition coefficient (Wildman–Crippen LogP) is 5.98. The number of nitrogens with two attached hydrogens (primary N) is 1. The van der Waals surface area contributed by atoms with E-state index in [1.165, 1.54) is 0 Å². The number of amides is 2. The van der Waals surface area contributed by atoms with Crippen LogP contribution in [-0.4, -0.2) is 19.2 Å². The average Bonchev–Trinajstić information content (AvgIpc) is 2.93. The predicted molar refractivity (Wildman–Crippen MR) is 144 cm³/mol. The topological polar surface area (TPSA) is 85.6 Å². The molecule has 0 aliphatic heterocycles. The van der Waals surface area contributed by atoms with Gasteiger partial charge in [-0.25, -0.2) is 4.79 Å². The van der Waals surface area contributed by atoms with Crippen LogP contribution in [0.2, 0.25) is 0 Å². The van der Waals surface area contributed by atoms with Crippen molar-refractivity contribution >= 4 is 11.7 Å². The summed E-state index contributed by atoms with van der Waals surface area (Å²) in [6.07, 6.45) is 0.819. The van der Waals surface area contributed by atoms with Gasteiger partial charge < -0.3 is 25.8 Å². The SMILES string of the molecule is NCCCOc1ccc(CNC(=O)Nc2ccc(COc3ccccc3-c3ccccc3)cc2)cc1. The van der Waals surface area contributed by atoms with Crippen molar-refractivity contribution in [3.8, 4) is 22.6 Å². The molecule has 0 aliphatic rings. The van der Waals surface area contributed by atoms with Crippen LogP contribution >= 0.6 is 0 Å². The molecule has 0 saturated heterocycles. The van der Waals surface area contributed by atoms with Crippen molar-refractivity contribution in [2.45, 2.75) is 19.6 Å². The Morgan fingerprint density at radius 2 is 1.44 bits per heavy atom. The van der Waals surface area contributed by atoms with Gasteiger partial charge in [0.15, 0.2) is 0 Å². The van der Waals surface area contributed by atoms with E-state index < -0.39 is 0 Å². The maximum Gasteiger partial charge on any atom is 0.319 e. The summed E-state index contributed by atoms with van der Waals surface area (Å²) < 4.78 is 11.7. The Morgan fingerprint density at radius 3 is 2.19 bits per heavy atom. The molecule has 4 rings (SSSR count). The van der Waals surface area contributed by atoms with Crippen LogP contribution < -0.4 is 25.8 Å². The standard InChI is InChI=1S/C30H31N3O3/c31-19-6-20-35-27-17-13-23(14-18-27)21-32-30(34)33-26-15-11-24(12-16-26)22-36-29-10-5-4-9-28(29)25-7-2-1-3-8-25/h1-5,7-18H,6,19-22,31H2,(H2,32,33,34). The molecule has 184 valence electrons. The molecule has 0 spiro atoms. The third kappa shape index (κ3) is 7.35. The second-order valence-corrected chi connectivity index (χ2v) is 8.29. The van der Waals surface area contributed by atoms with Crippen LogP contribution in [0.15, 0.2) is 103 Å². The van der Waals surface area contributed by atoms with Gasteiger partial charge in [0.25, 0.3) is 0 Å². The quantitative estimate of drug-likeness (QED) is 0.230. The van der Waals surface area contributed by atoms with Gasteiger partial charge in [0, 0.05) is 17.8 Å². The zero-order valence-corrected chi connectivity index (χ0v) is 20.2. The zero-order chi connectivity index (χ0) is 25.0. The van der Waals surface area contributed by atoms with Crippen LogP contribution in [0.4, 0.5) is 10.5 Å². The molecule has 4 aromatic rings. The number of ether oxygens (including phenoxy) is 2. The van der Waals surface area contributed by atoms with E-state index >= 15 is 0 Å². The van der Waals surface area contributed by atoms with Gasteiger partial charge in [-0.3, -0.25) is 0 Å². The van der Waals surface area contributed by atoms with E-state index in [0.717, 1.165) is 40.2 Å². The summed E-state index contributed by atoms with van der Waals surface area (Å²) in [4.78, 5) is 12.3. The van der Waals surface area contributed by atoms with E-state index in [9.17, 15) is 4.79 Å². The molecule has 0 radical (unpaired) electrons. The highest BCUT2D eigenvalue weighted by molar-refractivity contribution is 5.89. The van der Waals surface area contributed by atoms with Gasteiger partial charge in [-0.15, -0.1) is 0 Å². The second-order valence-electron chi connectivity index (χ2n) is 8.29. The first-order valence-electron chi connectivity index (χ1n) is 12.0. The van der Waals surface area contributed by atoms with Crippen LogP contribution in [-0.2, 0) is 13.2 Å². The van der Waals surface area contributed by atoms with Gasteiger partial charge in [0.2, 0.25) is 0 Å². The summed E-state index contributed by atoms with van der Waals surface area (Å²) in [5.74, 6) is 1.63. The number of carbonyl (C=O) groups excluding carboxylic acids is 1. The summed E-state index contributed by atoms with van der Waals surface area (Å²) in [6, 6.07) is 33.2. The van der Waals surface area contributed by atoms with E-state index in [1.54, 1.807) is 0 Å². The molecule has 2 amide bonds. The second kappa shape index (κ2) is 13.0. The molecule has 36 heavy (non-hydrogen) atoms. The number of carbonyl (C=O) groups is 1. The van der Waals surface area contributed by atoms with E-state index in [4.69, 9.17) is 15.2 Å². The van der Waals surface area contributed by atoms with Gasteiger partial charge in [-0.2, -0.15) is 0 Å². The highest BCUT2D eigenvalue weighted by Crippen LogP contribution is 2.30. The lowest BCUT2D eigenvalue weighted by Crippen LogP contribution is -2.28. The fourth-order valence-corrected chi connectivity index (χ4v) is 3.63. The summed E-state index contributed by atoms with van der Waals surface area (Å²) in [6.45, 7) is 2.06. The Kier molecular flexibility index (Phi) is 8.95. The zero-order valence-electron chi connectivity index (χ0n) is 20.2. The third-order valence-electron chi connectivity index (χ3n) is 5.57. The lowest BCUT2D eigenvalue weighted by Gasteiger charge is -2.12. The number of urea groups is 1. The number of para-hydroxylation sites is 1. The van der Waals surface area contributed by atoms with Crippen molar-refractivity contribution in [1.82, 2.24) is 5.32 Å². The lowest BCUT2D eigenvalue weighted by atomic mass is 10.0. The fraction of sp³-hybridized carbons (Fsp3) is 0.167. The molecule has 0 saturated carbocycles. The Hall–Kier alpha value is -4.29. The largest absolute Gasteiger partial charge is 0.494 e. The van der Waals surface area contributed by atoms with E-state index in [0.29, 0.717) is 32.0 Å². The smallest absolute Gasteiger partial charge is 0.319 e. The minimum Gasteiger partial charge on any atom is -0.494 e. The van der Waals surface area contributed by atoms with Crippen LogP contribution in [0, 0.1) is 0 Å². The van der Waals surface area contributed by atoms with Gasteiger partial charge >= 0.3 is 6.03 Å². The minimum absolute atomic E-state index is 0.265. The van der Waals surface area contributed by atoms with Gasteiger partial charge in [0.05, 0.1) is 6.61 Å². The average molecular weight is 482 g/mol. The normalized spacial score (nSPS) is 10.5. The number of benzene rings is 4. The first kappa shape index (κ1) is 24.8. The minimum atomic E-state index is -0.265. The molecule has 4 N–H and O–H groups in total. The molecule has 4 aromatic carbocycles. The Labute approximate surface area is 212 Å². The van der Waals surface area contributed by atoms with Crippen LogP contribution in [0.25, 0.3) is 11.1 Å². The third-order valence-corrected chi connectivity index (χ3v) is 5.57. The van der Waals surface area contributed by atoms with Gasteiger partial charge in [-0.05, 0) is 60.0 Å². The van der Waals surface area contributed by atoms with Crippen LogP contribution in [0.1, 0.15) is 17.5 Å². The molecule has 0 fully saturated rings. The molecule has 0 heterocycles. The summed E-state index contributed by atoms with van der Waals surface area (Å²) in [5, 5.41) is 5.73. The molecule has 0 aromatic heterocycles. The van der Waals surface area contributed by atoms with Crippen molar-refractivity contribution in [3.63, 3.8) is 0 Å². The molecule has 0 unspecified atom stereocenters. The van der Waals surface area contributed by atoms with Crippen molar-refractivity contribution < 1.29 is 14.3 Å². The Bertz CT molecular complexity index is 1230. The number of anilines is 1. The van der Waals surface area contributed by atoms with Crippen molar-refractivity contribution in [2.75, 3.05) is 18.5 Å². The molecule has 6 nitrogen and oxygen atoms in total. The summed E-state index contributed by atoms with van der Waals surface area (Å²) >= 11 is 0. The first-order chi connectivity index (χ1) is 17.7. The molecule has 0 bridgehead atoms. The molecule has 6 heteroatoms. The molecule has 0 aliphatic carbocycles. The monoisotopic (exact) mass is 481 g/mol. The molecule has 0 atom stereocenters. The van der Waals surface area contributed by atoms with E-state index in [2.05, 4.69) is 28.8 Å². The van der Waals surface area contributed by atoms with E-state index in [1.807, 2.05) is 84.9 Å². The number of hydrogen-bond donors (Lipinski definition) is 3. The first-order valence-corrected chi connectivity index (χ1v) is 12.0. The Balaban J connectivity index is 1.24. The summed E-state index contributed by atoms with van der Waals surface area (Å²) in [7, 11) is 0. The van der Waals surface area contributed by atoms with Gasteiger partial charge in [0.1, 0.15) is 18.1 Å². The highest BCUT2D eigenvalue weighted by Gasteiger charge is 2.07. The van der Waals surface area contributed by atoms with E-state index in [-0.39, 0.29) is 6.03 Å². The maximum atomic E-state index is 12.3. The van der Waals surface area contributed by atoms with Gasteiger partial charge in [-0.1, -0.05) is 72.8 Å². The van der Waals surface area contributed by atoms with Crippen LogP contribution in [0.5, 0.6) is 11.5 Å². The van der Waals surface area contributed by atoms with Crippen LogP contribution in [0.3, 0.4) is 0 Å². The summed E-state index contributed by atoms with van der Waals surface area (Å²) in [5.41, 5.74) is 10.4.